The van der Waals surface area contributed by atoms with Gasteiger partial charge in [-0.25, -0.2) is 4.99 Å². The van der Waals surface area contributed by atoms with Gasteiger partial charge in [-0.2, -0.15) is 0 Å². The van der Waals surface area contributed by atoms with Gasteiger partial charge in [0.2, 0.25) is 0 Å². The lowest BCUT2D eigenvalue weighted by molar-refractivity contribution is 0.357. The summed E-state index contributed by atoms with van der Waals surface area (Å²) < 4.78 is 5.57. The highest BCUT2D eigenvalue weighted by Gasteiger charge is 2.11. The monoisotopic (exact) mass is 337 g/mol. The molecule has 3 rings (SSSR count). The van der Waals surface area contributed by atoms with Crippen molar-refractivity contribution in [3.63, 3.8) is 0 Å². The van der Waals surface area contributed by atoms with Gasteiger partial charge in [-0.1, -0.05) is 36.4 Å². The maximum absolute atomic E-state index is 5.57. The largest absolute Gasteiger partial charge is 0.493 e. The van der Waals surface area contributed by atoms with E-state index in [1.54, 1.807) is 0 Å². The smallest absolute Gasteiger partial charge is 0.191 e. The lowest BCUT2D eigenvalue weighted by atomic mass is 10.1. The van der Waals surface area contributed by atoms with E-state index in [0.29, 0.717) is 6.54 Å². The van der Waals surface area contributed by atoms with Crippen molar-refractivity contribution in [3.05, 3.63) is 64.7 Å². The number of aryl methyl sites for hydroxylation is 1. The minimum absolute atomic E-state index is 0.693. The van der Waals surface area contributed by atoms with Crippen LogP contribution in [0.2, 0.25) is 0 Å². The van der Waals surface area contributed by atoms with Crippen LogP contribution < -0.4 is 15.4 Å². The van der Waals surface area contributed by atoms with E-state index < -0.39 is 0 Å². The zero-order chi connectivity index (χ0) is 17.5. The minimum atomic E-state index is 0.693. The lowest BCUT2D eigenvalue weighted by Gasteiger charge is -2.12. The van der Waals surface area contributed by atoms with E-state index in [0.717, 1.165) is 44.2 Å². The molecule has 2 N–H and O–H groups in total. The van der Waals surface area contributed by atoms with Gasteiger partial charge in [0.1, 0.15) is 5.75 Å². The first-order valence-corrected chi connectivity index (χ1v) is 9.07. The van der Waals surface area contributed by atoms with Gasteiger partial charge >= 0.3 is 0 Å². The molecule has 2 aromatic carbocycles. The van der Waals surface area contributed by atoms with Gasteiger partial charge in [0.15, 0.2) is 5.96 Å². The van der Waals surface area contributed by atoms with Gasteiger partial charge in [0, 0.05) is 19.5 Å². The van der Waals surface area contributed by atoms with Crippen molar-refractivity contribution in [1.82, 2.24) is 10.6 Å². The van der Waals surface area contributed by atoms with Crippen LogP contribution in [-0.4, -0.2) is 25.7 Å². The minimum Gasteiger partial charge on any atom is -0.493 e. The Labute approximate surface area is 150 Å². The summed E-state index contributed by atoms with van der Waals surface area (Å²) >= 11 is 0. The summed E-state index contributed by atoms with van der Waals surface area (Å²) in [7, 11) is 0. The van der Waals surface area contributed by atoms with Gasteiger partial charge < -0.3 is 15.4 Å². The molecule has 0 atom stereocenters. The molecule has 0 amide bonds. The second-order valence-corrected chi connectivity index (χ2v) is 6.34. The molecule has 0 aromatic heterocycles. The van der Waals surface area contributed by atoms with Crippen LogP contribution in [0.4, 0.5) is 0 Å². The van der Waals surface area contributed by atoms with E-state index in [1.165, 1.54) is 22.3 Å². The van der Waals surface area contributed by atoms with Crippen molar-refractivity contribution in [2.24, 2.45) is 4.99 Å². The standard InChI is InChI=1S/C21H27N3O/c1-3-22-21(24-15-19-7-5-4-6-16(19)2)23-12-10-17-8-9-20-18(14-17)11-13-25-20/h4-9,14H,3,10-13,15H2,1-2H3,(H2,22,23,24). The van der Waals surface area contributed by atoms with E-state index in [9.17, 15) is 0 Å². The molecule has 4 nitrogen and oxygen atoms in total. The Morgan fingerprint density at radius 1 is 1.16 bits per heavy atom. The third kappa shape index (κ3) is 4.75. The first kappa shape index (κ1) is 17.3. The molecule has 0 saturated carbocycles. The molecule has 25 heavy (non-hydrogen) atoms. The van der Waals surface area contributed by atoms with Gasteiger partial charge in [0.25, 0.3) is 0 Å². The van der Waals surface area contributed by atoms with Crippen molar-refractivity contribution >= 4 is 5.96 Å². The average molecular weight is 337 g/mol. The zero-order valence-electron chi connectivity index (χ0n) is 15.1. The first-order valence-electron chi connectivity index (χ1n) is 9.07. The molecule has 0 spiro atoms. The van der Waals surface area contributed by atoms with Crippen molar-refractivity contribution in [2.75, 3.05) is 19.7 Å². The highest BCUT2D eigenvalue weighted by molar-refractivity contribution is 5.79. The van der Waals surface area contributed by atoms with Crippen molar-refractivity contribution in [1.29, 1.82) is 0 Å². The number of nitrogens with one attached hydrogen (secondary N) is 2. The Bertz CT molecular complexity index is 740. The Balaban J connectivity index is 1.55. The predicted molar refractivity (Wildman–Crippen MR) is 103 cm³/mol. The summed E-state index contributed by atoms with van der Waals surface area (Å²) in [6.07, 6.45) is 2.00. The predicted octanol–water partition coefficient (Wildman–Crippen LogP) is 3.23. The van der Waals surface area contributed by atoms with Crippen LogP contribution in [-0.2, 0) is 19.4 Å². The third-order valence-corrected chi connectivity index (χ3v) is 4.47. The number of rotatable bonds is 6. The fourth-order valence-electron chi connectivity index (χ4n) is 3.01. The molecule has 2 aromatic rings. The fourth-order valence-corrected chi connectivity index (χ4v) is 3.01. The normalized spacial score (nSPS) is 13.3. The molecular formula is C21H27N3O. The SMILES string of the molecule is CCNC(=NCc1ccccc1C)NCCc1ccc2c(c1)CCO2. The maximum atomic E-state index is 5.57. The van der Waals surface area contributed by atoms with Crippen LogP contribution in [0.5, 0.6) is 5.75 Å². The number of hydrogen-bond donors (Lipinski definition) is 2. The molecule has 1 aliphatic heterocycles. The Morgan fingerprint density at radius 3 is 2.88 bits per heavy atom. The Hall–Kier alpha value is -2.49. The number of benzene rings is 2. The second-order valence-electron chi connectivity index (χ2n) is 6.34. The molecule has 1 aliphatic rings. The summed E-state index contributed by atoms with van der Waals surface area (Å²) in [6.45, 7) is 7.44. The molecular weight excluding hydrogens is 310 g/mol. The number of hydrogen-bond acceptors (Lipinski definition) is 2. The van der Waals surface area contributed by atoms with Gasteiger partial charge in [-0.05, 0) is 48.6 Å². The molecule has 1 heterocycles. The topological polar surface area (TPSA) is 45.7 Å². The zero-order valence-corrected chi connectivity index (χ0v) is 15.1. The molecule has 4 heteroatoms. The highest BCUT2D eigenvalue weighted by Crippen LogP contribution is 2.25. The third-order valence-electron chi connectivity index (χ3n) is 4.47. The summed E-state index contributed by atoms with van der Waals surface area (Å²) in [5.41, 5.74) is 5.21. The van der Waals surface area contributed by atoms with Crippen molar-refractivity contribution in [3.8, 4) is 5.75 Å². The Kier molecular flexibility index (Phi) is 5.94. The second kappa shape index (κ2) is 8.56. The molecule has 132 valence electrons. The number of ether oxygens (including phenoxy) is 1. The van der Waals surface area contributed by atoms with E-state index in [1.807, 2.05) is 0 Å². The van der Waals surface area contributed by atoms with Crippen LogP contribution in [0.1, 0.15) is 29.2 Å². The van der Waals surface area contributed by atoms with Gasteiger partial charge in [-0.15, -0.1) is 0 Å². The average Bonchev–Trinajstić information content (AvgIpc) is 3.08. The van der Waals surface area contributed by atoms with Gasteiger partial charge in [0.05, 0.1) is 13.2 Å². The first-order chi connectivity index (χ1) is 12.3. The number of aliphatic imine (C=N–C) groups is 1. The molecule has 0 bridgehead atoms. The van der Waals surface area contributed by atoms with Gasteiger partial charge in [-0.3, -0.25) is 0 Å². The van der Waals surface area contributed by atoms with Crippen LogP contribution in [0.25, 0.3) is 0 Å². The maximum Gasteiger partial charge on any atom is 0.191 e. The molecule has 0 aliphatic carbocycles. The van der Waals surface area contributed by atoms with Crippen LogP contribution >= 0.6 is 0 Å². The summed E-state index contributed by atoms with van der Waals surface area (Å²) in [5.74, 6) is 1.92. The summed E-state index contributed by atoms with van der Waals surface area (Å²) in [4.78, 5) is 4.71. The molecule has 0 unspecified atom stereocenters. The van der Waals surface area contributed by atoms with Crippen molar-refractivity contribution < 1.29 is 4.74 Å². The lowest BCUT2D eigenvalue weighted by Crippen LogP contribution is -2.38. The van der Waals surface area contributed by atoms with Crippen LogP contribution in [0.15, 0.2) is 47.5 Å². The molecule has 0 fully saturated rings. The van der Waals surface area contributed by atoms with Crippen LogP contribution in [0.3, 0.4) is 0 Å². The Morgan fingerprint density at radius 2 is 2.04 bits per heavy atom. The van der Waals surface area contributed by atoms with Crippen LogP contribution in [0, 0.1) is 6.92 Å². The van der Waals surface area contributed by atoms with Crippen molar-refractivity contribution in [2.45, 2.75) is 33.2 Å². The summed E-state index contributed by atoms with van der Waals surface area (Å²) in [5, 5.41) is 6.75. The number of nitrogens with zero attached hydrogens (tertiary/aromatic N) is 1. The molecule has 0 saturated heterocycles. The number of fused-ring (bicyclic) bond motifs is 1. The quantitative estimate of drug-likeness (QED) is 0.628. The summed E-state index contributed by atoms with van der Waals surface area (Å²) in [6, 6.07) is 14.9. The number of guanidine groups is 1. The molecule has 0 radical (unpaired) electrons. The highest BCUT2D eigenvalue weighted by atomic mass is 16.5. The van der Waals surface area contributed by atoms with E-state index in [4.69, 9.17) is 9.73 Å². The van der Waals surface area contributed by atoms with E-state index >= 15 is 0 Å². The fraction of sp³-hybridized carbons (Fsp3) is 0.381. The van der Waals surface area contributed by atoms with E-state index in [-0.39, 0.29) is 0 Å². The van der Waals surface area contributed by atoms with E-state index in [2.05, 4.69) is 66.9 Å².